The summed E-state index contributed by atoms with van der Waals surface area (Å²) in [5.74, 6) is 1.29. The maximum atomic E-state index is 5.56. The third-order valence-corrected chi connectivity index (χ3v) is 6.49. The van der Waals surface area contributed by atoms with Crippen molar-refractivity contribution in [2.24, 2.45) is 0 Å². The Hall–Kier alpha value is -2.44. The van der Waals surface area contributed by atoms with Gasteiger partial charge in [0.1, 0.15) is 12.4 Å². The van der Waals surface area contributed by atoms with Crippen LogP contribution in [0.25, 0.3) is 16.9 Å². The molecule has 1 aromatic carbocycles. The summed E-state index contributed by atoms with van der Waals surface area (Å²) in [7, 11) is 0. The largest absolute Gasteiger partial charge is 0.376 e. The van der Waals surface area contributed by atoms with Crippen LogP contribution in [0.4, 0.5) is 5.82 Å². The van der Waals surface area contributed by atoms with Gasteiger partial charge in [-0.2, -0.15) is 9.61 Å². The molecular weight excluding hydrogens is 374 g/mol. The maximum Gasteiger partial charge on any atom is 0.158 e. The summed E-state index contributed by atoms with van der Waals surface area (Å²) in [4.78, 5) is 9.19. The fourth-order valence-corrected chi connectivity index (χ4v) is 4.88. The molecule has 0 amide bonds. The Morgan fingerprint density at radius 1 is 1.13 bits per heavy atom. The van der Waals surface area contributed by atoms with E-state index in [-0.39, 0.29) is 0 Å². The molecule has 0 bridgehead atoms. The zero-order valence-corrected chi connectivity index (χ0v) is 18.2. The second-order valence-corrected chi connectivity index (χ2v) is 8.57. The van der Waals surface area contributed by atoms with Crippen molar-refractivity contribution in [3.63, 3.8) is 0 Å². The number of fused-ring (bicyclic) bond motifs is 2. The van der Waals surface area contributed by atoms with Gasteiger partial charge in [-0.15, -0.1) is 0 Å². The van der Waals surface area contributed by atoms with E-state index in [1.54, 1.807) is 4.90 Å². The summed E-state index contributed by atoms with van der Waals surface area (Å²) in [6.07, 6.45) is 3.40. The van der Waals surface area contributed by atoms with Gasteiger partial charge in [0.05, 0.1) is 38.5 Å². The molecule has 1 fully saturated rings. The number of nitrogens with zero attached hydrogens (tertiary/aromatic N) is 4. The molecule has 3 heterocycles. The lowest BCUT2D eigenvalue weighted by molar-refractivity contribution is -0.901. The highest BCUT2D eigenvalue weighted by Crippen LogP contribution is 2.32. The molecule has 2 aliphatic rings. The van der Waals surface area contributed by atoms with Crippen LogP contribution in [0.3, 0.4) is 0 Å². The van der Waals surface area contributed by atoms with Crippen LogP contribution in [0.15, 0.2) is 30.3 Å². The van der Waals surface area contributed by atoms with Crippen LogP contribution in [0.5, 0.6) is 0 Å². The van der Waals surface area contributed by atoms with Crippen molar-refractivity contribution < 1.29 is 9.64 Å². The second-order valence-electron chi connectivity index (χ2n) is 8.57. The lowest BCUT2D eigenvalue weighted by Crippen LogP contribution is -3.15. The van der Waals surface area contributed by atoms with Crippen molar-refractivity contribution >= 4 is 11.5 Å². The molecule has 3 aromatic rings. The van der Waals surface area contributed by atoms with E-state index in [1.807, 2.05) is 0 Å². The molecule has 2 aromatic heterocycles. The number of aryl methyl sites for hydroxylation is 2. The zero-order chi connectivity index (χ0) is 20.5. The number of aromatic nitrogens is 3. The molecule has 1 saturated heterocycles. The predicted octanol–water partition coefficient (Wildman–Crippen LogP) is 1.93. The van der Waals surface area contributed by atoms with Crippen molar-refractivity contribution in [2.45, 2.75) is 33.1 Å². The number of ether oxygens (including phenoxy) is 1. The van der Waals surface area contributed by atoms with Crippen molar-refractivity contribution in [3.8, 4) is 11.3 Å². The minimum Gasteiger partial charge on any atom is -0.376 e. The summed E-state index contributed by atoms with van der Waals surface area (Å²) in [6.45, 7) is 11.4. The van der Waals surface area contributed by atoms with Gasteiger partial charge in [-0.3, -0.25) is 0 Å². The molecule has 5 rings (SSSR count). The van der Waals surface area contributed by atoms with E-state index < -0.39 is 0 Å². The molecular formula is C24H32N5O+. The molecule has 0 atom stereocenters. The van der Waals surface area contributed by atoms with E-state index in [0.717, 1.165) is 75.7 Å². The number of benzene rings is 1. The number of hydrogen-bond acceptors (Lipinski definition) is 4. The predicted molar refractivity (Wildman–Crippen MR) is 119 cm³/mol. The highest BCUT2D eigenvalue weighted by molar-refractivity contribution is 5.68. The zero-order valence-electron chi connectivity index (χ0n) is 18.2. The summed E-state index contributed by atoms with van der Waals surface area (Å²) in [5, 5.41) is 5.04. The van der Waals surface area contributed by atoms with Crippen LogP contribution in [-0.4, -0.2) is 60.5 Å². The lowest BCUT2D eigenvalue weighted by atomic mass is 10.1. The van der Waals surface area contributed by atoms with Gasteiger partial charge < -0.3 is 14.5 Å². The highest BCUT2D eigenvalue weighted by Gasteiger charge is 2.28. The molecule has 30 heavy (non-hydrogen) atoms. The van der Waals surface area contributed by atoms with Crippen LogP contribution in [-0.2, 0) is 17.6 Å². The van der Waals surface area contributed by atoms with Crippen LogP contribution in [0.1, 0.15) is 30.2 Å². The van der Waals surface area contributed by atoms with E-state index in [2.05, 4.69) is 53.6 Å². The summed E-state index contributed by atoms with van der Waals surface area (Å²) >= 11 is 0. The SMILES string of the molecule is CCOCC[NH+]1CCN(c2c3c(nc4cc(-c5cccc(C)c5)nn24)CCC3)CC1. The number of anilines is 1. The number of rotatable bonds is 6. The molecule has 0 saturated carbocycles. The van der Waals surface area contributed by atoms with E-state index >= 15 is 0 Å². The molecule has 1 aliphatic carbocycles. The van der Waals surface area contributed by atoms with E-state index in [0.29, 0.717) is 0 Å². The fraction of sp³-hybridized carbons (Fsp3) is 0.500. The second kappa shape index (κ2) is 8.36. The quantitative estimate of drug-likeness (QED) is 0.636. The fourth-order valence-electron chi connectivity index (χ4n) is 4.88. The van der Waals surface area contributed by atoms with Gasteiger partial charge in [0, 0.05) is 29.5 Å². The van der Waals surface area contributed by atoms with Crippen LogP contribution >= 0.6 is 0 Å². The minimum atomic E-state index is 0.809. The Morgan fingerprint density at radius 2 is 2.00 bits per heavy atom. The van der Waals surface area contributed by atoms with Crippen molar-refractivity contribution in [1.82, 2.24) is 14.6 Å². The first-order valence-electron chi connectivity index (χ1n) is 11.4. The van der Waals surface area contributed by atoms with Gasteiger partial charge in [0.15, 0.2) is 5.65 Å². The van der Waals surface area contributed by atoms with Gasteiger partial charge in [0.2, 0.25) is 0 Å². The molecule has 0 spiro atoms. The minimum absolute atomic E-state index is 0.809. The average molecular weight is 407 g/mol. The summed E-state index contributed by atoms with van der Waals surface area (Å²) in [5.41, 5.74) is 7.10. The van der Waals surface area contributed by atoms with Crippen molar-refractivity contribution in [1.29, 1.82) is 0 Å². The van der Waals surface area contributed by atoms with E-state index in [9.17, 15) is 0 Å². The van der Waals surface area contributed by atoms with Gasteiger partial charge in [-0.05, 0) is 39.2 Å². The first-order chi connectivity index (χ1) is 14.7. The standard InChI is InChI=1S/C24H31N5O/c1-3-30-15-14-27-10-12-28(13-11-27)24-20-8-5-9-21(20)25-23-17-22(26-29(23)24)19-7-4-6-18(2)16-19/h4,6-7,16-17H,3,5,8-15H2,1-2H3/p+1. The molecule has 1 N–H and O–H groups in total. The first-order valence-corrected chi connectivity index (χ1v) is 11.4. The van der Waals surface area contributed by atoms with Crippen LogP contribution in [0, 0.1) is 6.92 Å². The number of hydrogen-bond donors (Lipinski definition) is 1. The van der Waals surface area contributed by atoms with Crippen LogP contribution in [0.2, 0.25) is 0 Å². The van der Waals surface area contributed by atoms with Crippen molar-refractivity contribution in [3.05, 3.63) is 47.2 Å². The van der Waals surface area contributed by atoms with E-state index in [1.165, 1.54) is 29.1 Å². The number of piperazine rings is 1. The highest BCUT2D eigenvalue weighted by atomic mass is 16.5. The Morgan fingerprint density at radius 3 is 2.80 bits per heavy atom. The van der Waals surface area contributed by atoms with Crippen LogP contribution < -0.4 is 9.80 Å². The monoisotopic (exact) mass is 406 g/mol. The van der Waals surface area contributed by atoms with Gasteiger partial charge >= 0.3 is 0 Å². The van der Waals surface area contributed by atoms with Crippen molar-refractivity contribution in [2.75, 3.05) is 50.8 Å². The maximum absolute atomic E-state index is 5.56. The molecule has 0 unspecified atom stereocenters. The number of quaternary nitrogens is 1. The number of nitrogens with one attached hydrogen (secondary N) is 1. The topological polar surface area (TPSA) is 47.1 Å². The molecule has 6 nitrogen and oxygen atoms in total. The first kappa shape index (κ1) is 19.5. The molecule has 6 heteroatoms. The van der Waals surface area contributed by atoms with E-state index in [4.69, 9.17) is 14.8 Å². The Labute approximate surface area is 178 Å². The smallest absolute Gasteiger partial charge is 0.158 e. The Balaban J connectivity index is 1.47. The Bertz CT molecular complexity index is 1040. The molecule has 1 aliphatic heterocycles. The lowest BCUT2D eigenvalue weighted by Gasteiger charge is -2.34. The third kappa shape index (κ3) is 3.70. The molecule has 0 radical (unpaired) electrons. The third-order valence-electron chi connectivity index (χ3n) is 6.49. The van der Waals surface area contributed by atoms with Gasteiger partial charge in [0.25, 0.3) is 0 Å². The van der Waals surface area contributed by atoms with Gasteiger partial charge in [-0.1, -0.05) is 23.8 Å². The molecule has 158 valence electrons. The Kier molecular flexibility index (Phi) is 5.44. The summed E-state index contributed by atoms with van der Waals surface area (Å²) in [6, 6.07) is 10.7. The normalized spacial score (nSPS) is 17.1. The average Bonchev–Trinajstić information content (AvgIpc) is 3.39. The summed E-state index contributed by atoms with van der Waals surface area (Å²) < 4.78 is 7.68. The van der Waals surface area contributed by atoms with Gasteiger partial charge in [-0.25, -0.2) is 4.98 Å².